The summed E-state index contributed by atoms with van der Waals surface area (Å²) in [5.74, 6) is 0. The van der Waals surface area contributed by atoms with Gasteiger partial charge in [0.15, 0.2) is 0 Å². The Labute approximate surface area is 114 Å². The molecule has 1 aliphatic heterocycles. The van der Waals surface area contributed by atoms with E-state index in [4.69, 9.17) is 9.47 Å². The van der Waals surface area contributed by atoms with Gasteiger partial charge in [0.2, 0.25) is 0 Å². The molecule has 0 amide bonds. The number of hydrogen-bond donors (Lipinski definition) is 1. The van der Waals surface area contributed by atoms with Gasteiger partial charge in [0, 0.05) is 0 Å². The lowest BCUT2D eigenvalue weighted by Gasteiger charge is -2.34. The third kappa shape index (κ3) is 3.80. The van der Waals surface area contributed by atoms with Crippen molar-refractivity contribution in [1.82, 2.24) is 4.90 Å². The van der Waals surface area contributed by atoms with Crippen LogP contribution in [0.5, 0.6) is 0 Å². The van der Waals surface area contributed by atoms with Gasteiger partial charge in [0.25, 0.3) is 0 Å². The molecule has 1 heterocycles. The van der Waals surface area contributed by atoms with Crippen LogP contribution in [-0.2, 0) is 16.1 Å². The van der Waals surface area contributed by atoms with Crippen molar-refractivity contribution < 1.29 is 14.6 Å². The summed E-state index contributed by atoms with van der Waals surface area (Å²) < 4.78 is 11.0. The monoisotopic (exact) mass is 263 g/mol. The van der Waals surface area contributed by atoms with E-state index >= 15 is 0 Å². The largest absolute Gasteiger partial charge is 0.493 e. The minimum atomic E-state index is -0.573. The normalized spacial score (nSPS) is 26.4. The lowest BCUT2D eigenvalue weighted by Crippen LogP contribution is -2.48. The van der Waals surface area contributed by atoms with Crippen LogP contribution in [-0.4, -0.2) is 49.0 Å². The summed E-state index contributed by atoms with van der Waals surface area (Å²) in [6.45, 7) is 0.911. The average Bonchev–Trinajstić information content (AvgIpc) is 2.41. The Morgan fingerprint density at radius 3 is 2.68 bits per heavy atom. The van der Waals surface area contributed by atoms with Crippen molar-refractivity contribution in [3.05, 3.63) is 48.2 Å². The highest BCUT2D eigenvalue weighted by Gasteiger charge is 2.31. The summed E-state index contributed by atoms with van der Waals surface area (Å²) in [5.41, 5.74) is 1.12. The predicted molar refractivity (Wildman–Crippen MR) is 73.6 cm³/mol. The maximum Gasteiger partial charge on any atom is 0.149 e. The molecule has 0 unspecified atom stereocenters. The maximum atomic E-state index is 10.2. The molecule has 4 heteroatoms. The van der Waals surface area contributed by atoms with Crippen molar-refractivity contribution in [3.8, 4) is 0 Å². The Hall–Kier alpha value is -1.36. The number of ether oxygens (including phenoxy) is 2. The molecule has 0 saturated heterocycles. The molecule has 0 spiro atoms. The van der Waals surface area contributed by atoms with E-state index in [0.717, 1.165) is 5.56 Å². The van der Waals surface area contributed by atoms with Gasteiger partial charge in [0.05, 0.1) is 25.5 Å². The van der Waals surface area contributed by atoms with E-state index in [1.807, 2.05) is 55.4 Å². The molecule has 1 aliphatic rings. The van der Waals surface area contributed by atoms with Gasteiger partial charge in [-0.1, -0.05) is 30.3 Å². The fourth-order valence-corrected chi connectivity index (χ4v) is 2.12. The number of aliphatic hydroxyl groups is 1. The molecule has 104 valence electrons. The van der Waals surface area contributed by atoms with E-state index in [9.17, 15) is 5.11 Å². The molecular weight excluding hydrogens is 242 g/mol. The highest BCUT2D eigenvalue weighted by Crippen LogP contribution is 2.16. The zero-order valence-electron chi connectivity index (χ0n) is 11.4. The van der Waals surface area contributed by atoms with Crippen molar-refractivity contribution in [2.75, 3.05) is 20.7 Å². The summed E-state index contributed by atoms with van der Waals surface area (Å²) in [5, 5.41) is 10.2. The molecular formula is C15H21NO3. The molecule has 0 radical (unpaired) electrons. The van der Waals surface area contributed by atoms with E-state index in [1.165, 1.54) is 0 Å². The van der Waals surface area contributed by atoms with E-state index in [0.29, 0.717) is 13.2 Å². The number of benzene rings is 1. The van der Waals surface area contributed by atoms with Gasteiger partial charge in [-0.25, -0.2) is 0 Å². The number of aliphatic hydroxyl groups excluding tert-OH is 1. The molecule has 3 atom stereocenters. The van der Waals surface area contributed by atoms with Crippen molar-refractivity contribution in [2.24, 2.45) is 0 Å². The number of nitrogens with zero attached hydrogens (tertiary/aromatic N) is 1. The quantitative estimate of drug-likeness (QED) is 0.872. The number of likely N-dealkylation sites (N-methyl/N-ethyl adjacent to an activating group) is 1. The van der Waals surface area contributed by atoms with Crippen LogP contribution in [0.2, 0.25) is 0 Å². The SMILES string of the molecule is CN(C)[C@@H]1C=CO[C@H](COCc2ccccc2)[C@H]1O. The Morgan fingerprint density at radius 1 is 1.26 bits per heavy atom. The predicted octanol–water partition coefficient (Wildman–Crippen LogP) is 1.41. The number of rotatable bonds is 5. The first kappa shape index (κ1) is 14.1. The maximum absolute atomic E-state index is 10.2. The van der Waals surface area contributed by atoms with Gasteiger partial charge in [-0.3, -0.25) is 0 Å². The van der Waals surface area contributed by atoms with Crippen molar-refractivity contribution in [2.45, 2.75) is 24.9 Å². The van der Waals surface area contributed by atoms with Gasteiger partial charge in [-0.05, 0) is 25.7 Å². The molecule has 0 bridgehead atoms. The minimum absolute atomic E-state index is 0.0286. The third-order valence-corrected chi connectivity index (χ3v) is 3.25. The van der Waals surface area contributed by atoms with E-state index in [1.54, 1.807) is 6.26 Å². The molecule has 19 heavy (non-hydrogen) atoms. The minimum Gasteiger partial charge on any atom is -0.493 e. The van der Waals surface area contributed by atoms with Gasteiger partial charge in [-0.15, -0.1) is 0 Å². The molecule has 1 N–H and O–H groups in total. The van der Waals surface area contributed by atoms with Crippen LogP contribution in [0.3, 0.4) is 0 Å². The molecule has 0 aliphatic carbocycles. The fourth-order valence-electron chi connectivity index (χ4n) is 2.12. The first-order valence-corrected chi connectivity index (χ1v) is 6.47. The van der Waals surface area contributed by atoms with E-state index in [2.05, 4.69) is 0 Å². The van der Waals surface area contributed by atoms with Gasteiger partial charge in [0.1, 0.15) is 12.2 Å². The molecule has 1 aromatic carbocycles. The molecule has 0 saturated carbocycles. The molecule has 2 rings (SSSR count). The van der Waals surface area contributed by atoms with Gasteiger partial charge in [-0.2, -0.15) is 0 Å². The zero-order valence-corrected chi connectivity index (χ0v) is 11.4. The highest BCUT2D eigenvalue weighted by atomic mass is 16.5. The van der Waals surface area contributed by atoms with Crippen LogP contribution in [0.15, 0.2) is 42.7 Å². The van der Waals surface area contributed by atoms with Crippen molar-refractivity contribution in [3.63, 3.8) is 0 Å². The topological polar surface area (TPSA) is 41.9 Å². The van der Waals surface area contributed by atoms with Gasteiger partial charge < -0.3 is 19.5 Å². The summed E-state index contributed by atoms with van der Waals surface area (Å²) in [7, 11) is 3.87. The third-order valence-electron chi connectivity index (χ3n) is 3.25. The van der Waals surface area contributed by atoms with Gasteiger partial charge >= 0.3 is 0 Å². The van der Waals surface area contributed by atoms with E-state index in [-0.39, 0.29) is 12.1 Å². The Bertz CT molecular complexity index is 405. The van der Waals surface area contributed by atoms with E-state index < -0.39 is 6.10 Å². The lowest BCUT2D eigenvalue weighted by molar-refractivity contribution is -0.0780. The van der Waals surface area contributed by atoms with Crippen LogP contribution in [0, 0.1) is 0 Å². The van der Waals surface area contributed by atoms with Crippen LogP contribution in [0.4, 0.5) is 0 Å². The van der Waals surface area contributed by atoms with Crippen LogP contribution >= 0.6 is 0 Å². The molecule has 1 aromatic rings. The lowest BCUT2D eigenvalue weighted by atomic mass is 10.0. The van der Waals surface area contributed by atoms with Crippen LogP contribution in [0.25, 0.3) is 0 Å². The smallest absolute Gasteiger partial charge is 0.149 e. The molecule has 0 aromatic heterocycles. The molecule has 0 fully saturated rings. The second-order valence-electron chi connectivity index (χ2n) is 4.95. The summed E-state index contributed by atoms with van der Waals surface area (Å²) in [4.78, 5) is 1.97. The Kier molecular flexibility index (Phi) is 4.96. The first-order valence-electron chi connectivity index (χ1n) is 6.47. The fraction of sp³-hybridized carbons (Fsp3) is 0.467. The summed E-state index contributed by atoms with van der Waals surface area (Å²) >= 11 is 0. The Balaban J connectivity index is 1.81. The second-order valence-corrected chi connectivity index (χ2v) is 4.95. The standard InChI is InChI=1S/C15H21NO3/c1-16(2)13-8-9-19-14(15(13)17)11-18-10-12-6-4-3-5-7-12/h3-9,13-15,17H,10-11H2,1-2H3/t13-,14-,15+/m1/s1. The molecule has 4 nitrogen and oxygen atoms in total. The highest BCUT2D eigenvalue weighted by molar-refractivity contribution is 5.13. The van der Waals surface area contributed by atoms with Crippen LogP contribution < -0.4 is 0 Å². The zero-order chi connectivity index (χ0) is 13.7. The summed E-state index contributed by atoms with van der Waals surface area (Å²) in [6.07, 6.45) is 2.61. The average molecular weight is 263 g/mol. The van der Waals surface area contributed by atoms with Crippen LogP contribution in [0.1, 0.15) is 5.56 Å². The Morgan fingerprint density at radius 2 is 2.00 bits per heavy atom. The second kappa shape index (κ2) is 6.70. The summed E-state index contributed by atoms with van der Waals surface area (Å²) in [6, 6.07) is 9.94. The number of hydrogen-bond acceptors (Lipinski definition) is 4. The van der Waals surface area contributed by atoms with Crippen molar-refractivity contribution >= 4 is 0 Å². The first-order chi connectivity index (χ1) is 9.18. The van der Waals surface area contributed by atoms with Crippen molar-refractivity contribution in [1.29, 1.82) is 0 Å².